The topological polar surface area (TPSA) is 83.6 Å². The number of hydrogen-bond donors (Lipinski definition) is 2. The van der Waals surface area contributed by atoms with Crippen molar-refractivity contribution in [3.8, 4) is 11.3 Å². The number of carbonyl (C=O) groups is 2. The smallest absolute Gasteiger partial charge is 0.252 e. The first-order valence-corrected chi connectivity index (χ1v) is 12.3. The Morgan fingerprint density at radius 3 is 2.40 bits per heavy atom. The average Bonchev–Trinajstić information content (AvgIpc) is 3.22. The van der Waals surface area contributed by atoms with Gasteiger partial charge in [-0.25, -0.2) is 9.37 Å². The van der Waals surface area contributed by atoms with E-state index in [9.17, 15) is 14.0 Å². The molecular weight excluding hydrogens is 467 g/mol. The van der Waals surface area contributed by atoms with Crippen molar-refractivity contribution in [1.29, 1.82) is 0 Å². The van der Waals surface area contributed by atoms with Crippen LogP contribution < -0.4 is 10.6 Å². The molecule has 2 heterocycles. The van der Waals surface area contributed by atoms with E-state index in [1.54, 1.807) is 38.1 Å². The first kappa shape index (κ1) is 25.0. The molecule has 1 fully saturated rings. The van der Waals surface area contributed by atoms with Crippen molar-refractivity contribution in [3.63, 3.8) is 0 Å². The number of ether oxygens (including phenoxy) is 1. The van der Waals surface area contributed by atoms with E-state index in [1.807, 2.05) is 19.1 Å². The molecular formula is C26H29FN4O3S. The third-order valence-corrected chi connectivity index (χ3v) is 6.77. The molecule has 2 amide bonds. The van der Waals surface area contributed by atoms with E-state index >= 15 is 0 Å². The van der Waals surface area contributed by atoms with Gasteiger partial charge in [-0.05, 0) is 57.2 Å². The molecule has 7 nitrogen and oxygen atoms in total. The predicted molar refractivity (Wildman–Crippen MR) is 135 cm³/mol. The zero-order valence-corrected chi connectivity index (χ0v) is 20.9. The van der Waals surface area contributed by atoms with Crippen LogP contribution in [0.3, 0.4) is 0 Å². The Bertz CT molecular complexity index is 1190. The van der Waals surface area contributed by atoms with E-state index in [1.165, 1.54) is 23.5 Å². The maximum absolute atomic E-state index is 13.5. The van der Waals surface area contributed by atoms with E-state index in [0.717, 1.165) is 29.1 Å². The predicted octanol–water partition coefficient (Wildman–Crippen LogP) is 4.24. The highest BCUT2D eigenvalue weighted by molar-refractivity contribution is 7.16. The van der Waals surface area contributed by atoms with Crippen molar-refractivity contribution in [2.24, 2.45) is 0 Å². The second kappa shape index (κ2) is 10.6. The Morgan fingerprint density at radius 1 is 1.09 bits per heavy atom. The van der Waals surface area contributed by atoms with Gasteiger partial charge in [0.05, 0.1) is 18.9 Å². The molecule has 0 unspecified atom stereocenters. The van der Waals surface area contributed by atoms with Crippen LogP contribution in [-0.2, 0) is 16.1 Å². The number of nitrogens with zero attached hydrogens (tertiary/aromatic N) is 2. The fourth-order valence-electron chi connectivity index (χ4n) is 3.68. The van der Waals surface area contributed by atoms with Gasteiger partial charge in [0.1, 0.15) is 11.4 Å². The number of aryl methyl sites for hydroxylation is 1. The van der Waals surface area contributed by atoms with Crippen molar-refractivity contribution in [2.75, 3.05) is 31.6 Å². The molecule has 4 rings (SSSR count). The minimum absolute atomic E-state index is 0.321. The minimum atomic E-state index is -1.17. The van der Waals surface area contributed by atoms with Gasteiger partial charge in [0.2, 0.25) is 0 Å². The van der Waals surface area contributed by atoms with E-state index in [2.05, 4.69) is 20.5 Å². The number of hydrogen-bond acceptors (Lipinski definition) is 6. The lowest BCUT2D eigenvalue weighted by Gasteiger charge is -2.26. The molecule has 0 spiro atoms. The van der Waals surface area contributed by atoms with E-state index in [-0.39, 0.29) is 17.6 Å². The maximum Gasteiger partial charge on any atom is 0.252 e. The number of carbonyl (C=O) groups excluding carboxylic acids is 2. The van der Waals surface area contributed by atoms with Crippen LogP contribution in [0.15, 0.2) is 48.5 Å². The van der Waals surface area contributed by atoms with Gasteiger partial charge >= 0.3 is 0 Å². The first-order valence-electron chi connectivity index (χ1n) is 11.5. The molecule has 0 atom stereocenters. The average molecular weight is 497 g/mol. The molecule has 3 aromatic rings. The third-order valence-electron chi connectivity index (χ3n) is 5.81. The quantitative estimate of drug-likeness (QED) is 0.511. The van der Waals surface area contributed by atoms with Crippen LogP contribution in [0.5, 0.6) is 0 Å². The normalized spacial score (nSPS) is 14.5. The van der Waals surface area contributed by atoms with Gasteiger partial charge in [-0.15, -0.1) is 0 Å². The largest absolute Gasteiger partial charge is 0.379 e. The van der Waals surface area contributed by atoms with Gasteiger partial charge in [-0.1, -0.05) is 29.0 Å². The molecule has 1 aliphatic rings. The van der Waals surface area contributed by atoms with E-state index in [0.29, 0.717) is 36.1 Å². The Balaban J connectivity index is 1.52. The van der Waals surface area contributed by atoms with Gasteiger partial charge in [0, 0.05) is 35.6 Å². The number of anilines is 1. The fraction of sp³-hybridized carbons (Fsp3) is 0.346. The summed E-state index contributed by atoms with van der Waals surface area (Å²) >= 11 is 1.38. The Morgan fingerprint density at radius 2 is 1.74 bits per heavy atom. The van der Waals surface area contributed by atoms with Crippen LogP contribution in [0.4, 0.5) is 9.52 Å². The summed E-state index contributed by atoms with van der Waals surface area (Å²) in [6.07, 6.45) is 0. The van der Waals surface area contributed by atoms with Crippen LogP contribution in [0.25, 0.3) is 11.3 Å². The number of nitrogens with one attached hydrogen (secondary N) is 2. The zero-order valence-electron chi connectivity index (χ0n) is 20.1. The fourth-order valence-corrected chi connectivity index (χ4v) is 4.70. The summed E-state index contributed by atoms with van der Waals surface area (Å²) in [6.45, 7) is 8.85. The van der Waals surface area contributed by atoms with Crippen molar-refractivity contribution in [3.05, 3.63) is 70.4 Å². The lowest BCUT2D eigenvalue weighted by Crippen LogP contribution is -2.52. The molecule has 184 valence electrons. The maximum atomic E-state index is 13.5. The summed E-state index contributed by atoms with van der Waals surface area (Å²) in [5, 5.41) is 6.09. The molecule has 9 heteroatoms. The molecule has 2 aromatic carbocycles. The number of aromatic nitrogens is 1. The molecule has 0 radical (unpaired) electrons. The summed E-state index contributed by atoms with van der Waals surface area (Å²) in [5.41, 5.74) is 1.84. The van der Waals surface area contributed by atoms with Crippen molar-refractivity contribution >= 4 is 28.3 Å². The van der Waals surface area contributed by atoms with E-state index in [4.69, 9.17) is 4.74 Å². The Labute approximate surface area is 208 Å². The van der Waals surface area contributed by atoms with Gasteiger partial charge < -0.3 is 10.1 Å². The van der Waals surface area contributed by atoms with Crippen molar-refractivity contribution in [2.45, 2.75) is 32.9 Å². The monoisotopic (exact) mass is 496 g/mol. The summed E-state index contributed by atoms with van der Waals surface area (Å²) in [4.78, 5) is 33.7. The lowest BCUT2D eigenvalue weighted by molar-refractivity contribution is -0.120. The number of thiazole rings is 1. The van der Waals surface area contributed by atoms with Gasteiger partial charge in [0.25, 0.3) is 11.8 Å². The number of rotatable bonds is 7. The van der Waals surface area contributed by atoms with Crippen LogP contribution in [0.2, 0.25) is 0 Å². The molecule has 1 saturated heterocycles. The molecule has 35 heavy (non-hydrogen) atoms. The highest BCUT2D eigenvalue weighted by atomic mass is 32.1. The number of halogens is 1. The van der Waals surface area contributed by atoms with Crippen molar-refractivity contribution < 1.29 is 18.7 Å². The molecule has 2 N–H and O–H groups in total. The molecule has 1 aromatic heterocycles. The Kier molecular flexibility index (Phi) is 7.59. The van der Waals surface area contributed by atoms with Crippen LogP contribution in [0.1, 0.15) is 34.6 Å². The number of morpholine rings is 1. The van der Waals surface area contributed by atoms with E-state index < -0.39 is 5.54 Å². The molecule has 0 saturated carbocycles. The summed E-state index contributed by atoms with van der Waals surface area (Å²) in [7, 11) is 0. The van der Waals surface area contributed by atoms with Gasteiger partial charge in [0.15, 0.2) is 5.13 Å². The highest BCUT2D eigenvalue weighted by Gasteiger charge is 2.31. The standard InChI is InChI=1S/C26H29FN4O3S/c1-17-4-6-19(7-5-17)23(32)30-26(2,3)24(33)29-25-28-22(18-8-10-20(27)11-9-18)21(35-25)16-31-12-14-34-15-13-31/h4-11H,12-16H2,1-3H3,(H,30,32)(H,28,29,33). The van der Waals surface area contributed by atoms with Crippen LogP contribution in [-0.4, -0.2) is 53.5 Å². The SMILES string of the molecule is Cc1ccc(C(=O)NC(C)(C)C(=O)Nc2nc(-c3ccc(F)cc3)c(CN3CCOCC3)s2)cc1. The number of benzene rings is 2. The summed E-state index contributed by atoms with van der Waals surface area (Å²) < 4.78 is 18.9. The first-order chi connectivity index (χ1) is 16.7. The molecule has 1 aliphatic heterocycles. The van der Waals surface area contributed by atoms with Crippen LogP contribution in [0, 0.1) is 12.7 Å². The van der Waals surface area contributed by atoms with Crippen LogP contribution >= 0.6 is 11.3 Å². The zero-order chi connectivity index (χ0) is 25.0. The van der Waals surface area contributed by atoms with Gasteiger partial charge in [-0.2, -0.15) is 0 Å². The third kappa shape index (κ3) is 6.30. The van der Waals surface area contributed by atoms with Crippen molar-refractivity contribution in [1.82, 2.24) is 15.2 Å². The Hall–Kier alpha value is -3.14. The second-order valence-corrected chi connectivity index (χ2v) is 10.2. The summed E-state index contributed by atoms with van der Waals surface area (Å²) in [6, 6.07) is 13.3. The summed E-state index contributed by atoms with van der Waals surface area (Å²) in [5.74, 6) is -1.03. The lowest BCUT2D eigenvalue weighted by atomic mass is 10.0. The molecule has 0 bridgehead atoms. The van der Waals surface area contributed by atoms with Gasteiger partial charge in [-0.3, -0.25) is 19.8 Å². The molecule has 0 aliphatic carbocycles. The highest BCUT2D eigenvalue weighted by Crippen LogP contribution is 2.33. The minimum Gasteiger partial charge on any atom is -0.379 e. The second-order valence-electron chi connectivity index (χ2n) is 9.09. The number of amides is 2.